The van der Waals surface area contributed by atoms with Crippen LogP contribution in [0.15, 0.2) is 30.3 Å². The van der Waals surface area contributed by atoms with Crippen LogP contribution in [0.3, 0.4) is 0 Å². The third kappa shape index (κ3) is 3.38. The highest BCUT2D eigenvalue weighted by Crippen LogP contribution is 2.05. The van der Waals surface area contributed by atoms with Gasteiger partial charge in [0.05, 0.1) is 11.8 Å². The number of nitrogens with two attached hydrogens (primary N) is 1. The van der Waals surface area contributed by atoms with E-state index in [4.69, 9.17) is 28.9 Å². The van der Waals surface area contributed by atoms with Crippen LogP contribution in [0.2, 0.25) is 0 Å². The van der Waals surface area contributed by atoms with E-state index in [1.165, 1.54) is 0 Å². The van der Waals surface area contributed by atoms with Crippen LogP contribution in [0, 0.1) is 0 Å². The highest BCUT2D eigenvalue weighted by molar-refractivity contribution is 6.22. The molecule has 1 rings (SSSR count). The Balaban J connectivity index is 2.72. The number of carbonyl (C=O) groups is 1. The van der Waals surface area contributed by atoms with Crippen molar-refractivity contribution in [2.24, 2.45) is 5.73 Å². The molecule has 1 aromatic rings. The molecular weight excluding hydrogens is 235 g/mol. The summed E-state index contributed by atoms with van der Waals surface area (Å²) in [7, 11) is 0. The van der Waals surface area contributed by atoms with E-state index in [1.807, 2.05) is 6.07 Å². The lowest BCUT2D eigenvalue weighted by molar-refractivity contribution is 0.0917. The Hall–Kier alpha value is -0.770. The molecule has 1 amide bonds. The summed E-state index contributed by atoms with van der Waals surface area (Å²) in [4.78, 5) is 11.7. The lowest BCUT2D eigenvalue weighted by Crippen LogP contribution is -2.59. The summed E-state index contributed by atoms with van der Waals surface area (Å²) < 4.78 is 0. The van der Waals surface area contributed by atoms with Gasteiger partial charge in [0, 0.05) is 5.56 Å². The first-order valence-electron chi connectivity index (χ1n) is 4.40. The van der Waals surface area contributed by atoms with Crippen LogP contribution < -0.4 is 11.1 Å². The Morgan fingerprint density at radius 1 is 1.27 bits per heavy atom. The molecule has 0 atom stereocenters. The molecule has 0 aromatic heterocycles. The quantitative estimate of drug-likeness (QED) is 0.626. The number of amides is 1. The zero-order valence-corrected chi connectivity index (χ0v) is 9.55. The zero-order valence-electron chi connectivity index (χ0n) is 8.04. The number of rotatable bonds is 4. The maximum Gasteiger partial charge on any atom is 0.252 e. The third-order valence-corrected chi connectivity index (χ3v) is 2.83. The van der Waals surface area contributed by atoms with E-state index in [0.717, 1.165) is 0 Å². The van der Waals surface area contributed by atoms with Gasteiger partial charge in [0.2, 0.25) is 0 Å². The summed E-state index contributed by atoms with van der Waals surface area (Å²) >= 11 is 11.2. The summed E-state index contributed by atoms with van der Waals surface area (Å²) in [6, 6.07) is 8.76. The molecule has 0 bridgehead atoms. The van der Waals surface area contributed by atoms with Crippen molar-refractivity contribution in [1.82, 2.24) is 5.32 Å². The van der Waals surface area contributed by atoms with Crippen molar-refractivity contribution in [3.05, 3.63) is 35.9 Å². The van der Waals surface area contributed by atoms with Crippen LogP contribution in [-0.4, -0.2) is 23.3 Å². The molecule has 1 aromatic carbocycles. The van der Waals surface area contributed by atoms with Gasteiger partial charge in [-0.25, -0.2) is 0 Å². The number of hydrogen-bond acceptors (Lipinski definition) is 2. The fourth-order valence-corrected chi connectivity index (χ4v) is 1.41. The Labute approximate surface area is 98.5 Å². The Morgan fingerprint density at radius 2 is 1.80 bits per heavy atom. The fraction of sp³-hybridized carbons (Fsp3) is 0.300. The molecule has 0 saturated heterocycles. The molecule has 15 heavy (non-hydrogen) atoms. The van der Waals surface area contributed by atoms with E-state index in [9.17, 15) is 4.79 Å². The second-order valence-electron chi connectivity index (χ2n) is 3.24. The lowest BCUT2D eigenvalue weighted by atomic mass is 10.2. The molecule has 82 valence electrons. The minimum atomic E-state index is -1.06. The average molecular weight is 247 g/mol. The molecule has 0 heterocycles. The predicted molar refractivity (Wildman–Crippen MR) is 62.3 cm³/mol. The topological polar surface area (TPSA) is 55.1 Å². The molecule has 0 unspecified atom stereocenters. The second-order valence-corrected chi connectivity index (χ2v) is 3.78. The van der Waals surface area contributed by atoms with E-state index in [0.29, 0.717) is 5.56 Å². The monoisotopic (exact) mass is 246 g/mol. The molecule has 0 radical (unpaired) electrons. The number of halogens is 2. The van der Waals surface area contributed by atoms with E-state index in [-0.39, 0.29) is 17.7 Å². The Bertz CT molecular complexity index is 325. The first-order chi connectivity index (χ1) is 7.11. The molecule has 0 aliphatic rings. The highest BCUT2D eigenvalue weighted by atomic mass is 35.5. The van der Waals surface area contributed by atoms with Crippen molar-refractivity contribution in [2.45, 2.75) is 5.66 Å². The van der Waals surface area contributed by atoms with Crippen molar-refractivity contribution in [2.75, 3.05) is 11.8 Å². The molecule has 5 heteroatoms. The first-order valence-corrected chi connectivity index (χ1v) is 5.46. The Morgan fingerprint density at radius 3 is 2.27 bits per heavy atom. The summed E-state index contributed by atoms with van der Waals surface area (Å²) in [5.41, 5.74) is 5.21. The largest absolute Gasteiger partial charge is 0.332 e. The van der Waals surface area contributed by atoms with Crippen molar-refractivity contribution in [3.8, 4) is 0 Å². The normalized spacial score (nSPS) is 11.1. The van der Waals surface area contributed by atoms with Crippen molar-refractivity contribution >= 4 is 29.1 Å². The summed E-state index contributed by atoms with van der Waals surface area (Å²) in [6.45, 7) is 0. The molecule has 3 N–H and O–H groups in total. The van der Waals surface area contributed by atoms with Crippen molar-refractivity contribution in [1.29, 1.82) is 0 Å². The van der Waals surface area contributed by atoms with E-state index in [1.54, 1.807) is 24.3 Å². The predicted octanol–water partition coefficient (Wildman–Crippen LogP) is 1.55. The van der Waals surface area contributed by atoms with Crippen LogP contribution in [0.25, 0.3) is 0 Å². The maximum absolute atomic E-state index is 11.7. The molecule has 3 nitrogen and oxygen atoms in total. The molecule has 0 saturated carbocycles. The minimum Gasteiger partial charge on any atom is -0.332 e. The number of hydrogen-bond donors (Lipinski definition) is 2. The van der Waals surface area contributed by atoms with Gasteiger partial charge in [0.1, 0.15) is 5.66 Å². The standard InChI is InChI=1S/C10H12Cl2N2O/c11-6-10(13,7-12)14-9(15)8-4-2-1-3-5-8/h1-5H,6-7,13H2,(H,14,15). The first kappa shape index (κ1) is 12.3. The van der Waals surface area contributed by atoms with Gasteiger partial charge in [0.25, 0.3) is 5.91 Å². The van der Waals surface area contributed by atoms with Gasteiger partial charge in [-0.3, -0.25) is 4.79 Å². The van der Waals surface area contributed by atoms with E-state index < -0.39 is 5.66 Å². The minimum absolute atomic E-state index is 0.0646. The molecule has 0 aliphatic carbocycles. The Kier molecular flexibility index (Phi) is 4.39. The molecule has 0 aliphatic heterocycles. The summed E-state index contributed by atoms with van der Waals surface area (Å²) in [6.07, 6.45) is 0. The van der Waals surface area contributed by atoms with E-state index in [2.05, 4.69) is 5.32 Å². The average Bonchev–Trinajstić information content (AvgIpc) is 2.30. The summed E-state index contributed by atoms with van der Waals surface area (Å²) in [5, 5.41) is 2.58. The van der Waals surface area contributed by atoms with Gasteiger partial charge < -0.3 is 11.1 Å². The SMILES string of the molecule is NC(CCl)(CCl)NC(=O)c1ccccc1. The van der Waals surface area contributed by atoms with Crippen LogP contribution in [0.4, 0.5) is 0 Å². The second kappa shape index (κ2) is 5.35. The van der Waals surface area contributed by atoms with Crippen LogP contribution in [-0.2, 0) is 0 Å². The van der Waals surface area contributed by atoms with Crippen LogP contribution in [0.5, 0.6) is 0 Å². The van der Waals surface area contributed by atoms with Crippen LogP contribution >= 0.6 is 23.2 Å². The van der Waals surface area contributed by atoms with Crippen molar-refractivity contribution < 1.29 is 4.79 Å². The van der Waals surface area contributed by atoms with Gasteiger partial charge in [-0.2, -0.15) is 0 Å². The van der Waals surface area contributed by atoms with Gasteiger partial charge in [-0.1, -0.05) is 18.2 Å². The fourth-order valence-electron chi connectivity index (χ4n) is 0.990. The van der Waals surface area contributed by atoms with Gasteiger partial charge >= 0.3 is 0 Å². The van der Waals surface area contributed by atoms with Gasteiger partial charge in [-0.05, 0) is 12.1 Å². The number of carbonyl (C=O) groups excluding carboxylic acids is 1. The maximum atomic E-state index is 11.7. The zero-order chi connectivity index (χ0) is 11.3. The highest BCUT2D eigenvalue weighted by Gasteiger charge is 2.25. The van der Waals surface area contributed by atoms with Gasteiger partial charge in [0.15, 0.2) is 0 Å². The molecular formula is C10H12Cl2N2O. The smallest absolute Gasteiger partial charge is 0.252 e. The van der Waals surface area contributed by atoms with E-state index >= 15 is 0 Å². The molecule has 0 fully saturated rings. The number of nitrogens with one attached hydrogen (secondary N) is 1. The molecule has 0 spiro atoms. The lowest BCUT2D eigenvalue weighted by Gasteiger charge is -2.25. The third-order valence-electron chi connectivity index (χ3n) is 1.88. The van der Waals surface area contributed by atoms with Crippen molar-refractivity contribution in [3.63, 3.8) is 0 Å². The number of benzene rings is 1. The number of alkyl halides is 2. The summed E-state index contributed by atoms with van der Waals surface area (Å²) in [5.74, 6) is -0.149. The van der Waals surface area contributed by atoms with Gasteiger partial charge in [-0.15, -0.1) is 23.2 Å². The van der Waals surface area contributed by atoms with Crippen LogP contribution in [0.1, 0.15) is 10.4 Å².